The summed E-state index contributed by atoms with van der Waals surface area (Å²) in [6, 6.07) is 0. The molecule has 0 spiro atoms. The second kappa shape index (κ2) is 8.14. The third kappa shape index (κ3) is 3.32. The third-order valence-corrected chi connectivity index (χ3v) is 8.91. The molecule has 0 saturated heterocycles. The van der Waals surface area contributed by atoms with E-state index < -0.39 is 0 Å². The van der Waals surface area contributed by atoms with Crippen molar-refractivity contribution in [1.82, 2.24) is 0 Å². The van der Waals surface area contributed by atoms with Gasteiger partial charge in [0.05, 0.1) is 0 Å². The molecular formula is C27H40. The molecule has 0 aromatic rings. The van der Waals surface area contributed by atoms with E-state index in [9.17, 15) is 0 Å². The van der Waals surface area contributed by atoms with Crippen LogP contribution in [-0.2, 0) is 0 Å². The fraction of sp³-hybridized carbons (Fsp3) is 0.704. The zero-order valence-corrected chi connectivity index (χ0v) is 17.9. The molecule has 0 aromatic carbocycles. The Hall–Kier alpha value is -1.04. The Morgan fingerprint density at radius 3 is 1.19 bits per heavy atom. The van der Waals surface area contributed by atoms with E-state index >= 15 is 0 Å². The molecule has 2 fully saturated rings. The van der Waals surface area contributed by atoms with Crippen molar-refractivity contribution >= 4 is 0 Å². The Kier molecular flexibility index (Phi) is 5.81. The summed E-state index contributed by atoms with van der Waals surface area (Å²) in [4.78, 5) is 0. The molecule has 0 bridgehead atoms. The van der Waals surface area contributed by atoms with Gasteiger partial charge in [-0.05, 0) is 78.4 Å². The molecule has 148 valence electrons. The summed E-state index contributed by atoms with van der Waals surface area (Å²) in [6.07, 6.45) is 26.5. The van der Waals surface area contributed by atoms with Crippen molar-refractivity contribution in [2.24, 2.45) is 59.2 Å². The van der Waals surface area contributed by atoms with E-state index in [1.165, 1.54) is 32.1 Å². The Bertz CT molecular complexity index is 566. The quantitative estimate of drug-likeness (QED) is 0.459. The van der Waals surface area contributed by atoms with Gasteiger partial charge in [0.2, 0.25) is 0 Å². The molecule has 10 unspecified atom stereocenters. The summed E-state index contributed by atoms with van der Waals surface area (Å²) in [6.45, 7) is 9.91. The van der Waals surface area contributed by atoms with Gasteiger partial charge in [0, 0.05) is 0 Å². The van der Waals surface area contributed by atoms with Crippen molar-refractivity contribution in [3.63, 3.8) is 0 Å². The van der Waals surface area contributed by atoms with Gasteiger partial charge >= 0.3 is 0 Å². The Labute approximate surface area is 167 Å². The minimum atomic E-state index is 0.792. The average Bonchev–Trinajstić information content (AvgIpc) is 3.10. The topological polar surface area (TPSA) is 0 Å². The number of hydrogen-bond donors (Lipinski definition) is 0. The van der Waals surface area contributed by atoms with Gasteiger partial charge in [0.25, 0.3) is 0 Å². The van der Waals surface area contributed by atoms with Crippen LogP contribution in [0.2, 0.25) is 0 Å². The van der Waals surface area contributed by atoms with Crippen LogP contribution in [0.4, 0.5) is 0 Å². The van der Waals surface area contributed by atoms with E-state index in [0.717, 1.165) is 59.2 Å². The van der Waals surface area contributed by atoms with Crippen LogP contribution < -0.4 is 0 Å². The van der Waals surface area contributed by atoms with Crippen LogP contribution in [0, 0.1) is 59.2 Å². The molecule has 0 aliphatic heterocycles. The Morgan fingerprint density at radius 1 is 0.519 bits per heavy atom. The molecule has 0 aromatic heterocycles. The van der Waals surface area contributed by atoms with Crippen LogP contribution >= 0.6 is 0 Å². The summed E-state index contributed by atoms with van der Waals surface area (Å²) >= 11 is 0. The molecule has 4 aliphatic carbocycles. The Balaban J connectivity index is 1.57. The monoisotopic (exact) mass is 364 g/mol. The van der Waals surface area contributed by atoms with Crippen molar-refractivity contribution in [3.05, 3.63) is 48.6 Å². The smallest absolute Gasteiger partial charge is 0.0133 e. The van der Waals surface area contributed by atoms with Gasteiger partial charge in [0.1, 0.15) is 0 Å². The van der Waals surface area contributed by atoms with Crippen LogP contribution in [-0.4, -0.2) is 0 Å². The first-order valence-corrected chi connectivity index (χ1v) is 11.9. The lowest BCUT2D eigenvalue weighted by molar-refractivity contribution is 0.204. The summed E-state index contributed by atoms with van der Waals surface area (Å²) in [5.41, 5.74) is 0. The molecule has 4 rings (SSSR count). The van der Waals surface area contributed by atoms with Gasteiger partial charge < -0.3 is 0 Å². The number of fused-ring (bicyclic) bond motifs is 2. The highest BCUT2D eigenvalue weighted by atomic mass is 14.6. The molecule has 0 radical (unpaired) electrons. The van der Waals surface area contributed by atoms with Gasteiger partial charge in [-0.1, -0.05) is 89.1 Å². The van der Waals surface area contributed by atoms with Crippen LogP contribution in [0.5, 0.6) is 0 Å². The highest BCUT2D eigenvalue weighted by Crippen LogP contribution is 2.58. The molecule has 0 heteroatoms. The van der Waals surface area contributed by atoms with E-state index in [1.54, 1.807) is 0 Å². The van der Waals surface area contributed by atoms with Crippen molar-refractivity contribution < 1.29 is 0 Å². The second-order valence-corrected chi connectivity index (χ2v) is 10.0. The highest BCUT2D eigenvalue weighted by Gasteiger charge is 2.51. The lowest BCUT2D eigenvalue weighted by atomic mass is 9.73. The van der Waals surface area contributed by atoms with E-state index in [2.05, 4.69) is 76.3 Å². The minimum Gasteiger partial charge on any atom is -0.0805 e. The normalized spacial score (nSPS) is 47.4. The van der Waals surface area contributed by atoms with Gasteiger partial charge in [-0.2, -0.15) is 0 Å². The highest BCUT2D eigenvalue weighted by molar-refractivity contribution is 5.22. The van der Waals surface area contributed by atoms with Gasteiger partial charge in [-0.25, -0.2) is 0 Å². The maximum absolute atomic E-state index is 2.59. The van der Waals surface area contributed by atoms with Crippen molar-refractivity contribution in [2.45, 2.75) is 59.8 Å². The maximum atomic E-state index is 2.59. The van der Waals surface area contributed by atoms with Crippen molar-refractivity contribution in [2.75, 3.05) is 0 Å². The molecule has 0 N–H and O–H groups in total. The van der Waals surface area contributed by atoms with E-state index in [-0.39, 0.29) is 0 Å². The zero-order valence-electron chi connectivity index (χ0n) is 17.9. The predicted molar refractivity (Wildman–Crippen MR) is 117 cm³/mol. The van der Waals surface area contributed by atoms with E-state index in [4.69, 9.17) is 0 Å². The summed E-state index contributed by atoms with van der Waals surface area (Å²) in [7, 11) is 0. The number of rotatable bonds is 6. The fourth-order valence-electron chi connectivity index (χ4n) is 7.67. The Morgan fingerprint density at radius 2 is 0.852 bits per heavy atom. The van der Waals surface area contributed by atoms with Gasteiger partial charge in [0.15, 0.2) is 0 Å². The van der Waals surface area contributed by atoms with E-state index in [1.807, 2.05) is 0 Å². The lowest BCUT2D eigenvalue weighted by Gasteiger charge is -2.31. The maximum Gasteiger partial charge on any atom is -0.0133 e. The molecule has 0 amide bonds. The van der Waals surface area contributed by atoms with Crippen LogP contribution in [0.15, 0.2) is 48.6 Å². The van der Waals surface area contributed by atoms with Crippen LogP contribution in [0.1, 0.15) is 59.8 Å². The first-order valence-electron chi connectivity index (χ1n) is 11.9. The third-order valence-electron chi connectivity index (χ3n) is 8.91. The zero-order chi connectivity index (χ0) is 19.0. The molecule has 4 aliphatic rings. The molecular weight excluding hydrogens is 324 g/mol. The molecule has 10 atom stereocenters. The first kappa shape index (κ1) is 19.3. The summed E-state index contributed by atoms with van der Waals surface area (Å²) in [5, 5.41) is 0. The molecule has 0 nitrogen and oxygen atoms in total. The first-order chi connectivity index (χ1) is 13.2. The minimum absolute atomic E-state index is 0.792. The predicted octanol–water partition coefficient (Wildman–Crippen LogP) is 7.46. The molecule has 0 heterocycles. The van der Waals surface area contributed by atoms with Crippen LogP contribution in [0.25, 0.3) is 0 Å². The standard InChI is InChI=1S/C27H40/c1-5-11-20-18(3)26(24-15-9-7-13-22(20)24)17-27-19(4)21(12-6-2)23-14-8-10-16-25(23)27/h7-10,13-16,18-27H,5-6,11-12,17H2,1-4H3. The van der Waals surface area contributed by atoms with Crippen molar-refractivity contribution in [1.29, 1.82) is 0 Å². The number of allylic oxidation sites excluding steroid dienone is 8. The summed E-state index contributed by atoms with van der Waals surface area (Å²) in [5.74, 6) is 8.46. The summed E-state index contributed by atoms with van der Waals surface area (Å²) < 4.78 is 0. The molecule has 27 heavy (non-hydrogen) atoms. The number of hydrogen-bond acceptors (Lipinski definition) is 0. The fourth-order valence-corrected chi connectivity index (χ4v) is 7.67. The average molecular weight is 365 g/mol. The van der Waals surface area contributed by atoms with Crippen molar-refractivity contribution in [3.8, 4) is 0 Å². The largest absolute Gasteiger partial charge is 0.0805 e. The van der Waals surface area contributed by atoms with E-state index in [0.29, 0.717) is 0 Å². The van der Waals surface area contributed by atoms with Gasteiger partial charge in [-0.15, -0.1) is 0 Å². The van der Waals surface area contributed by atoms with Crippen LogP contribution in [0.3, 0.4) is 0 Å². The van der Waals surface area contributed by atoms with Gasteiger partial charge in [-0.3, -0.25) is 0 Å². The SMILES string of the molecule is CCCC1C(C)C(CC2C(C)C(CCC)C3C=CC=CC32)C2C=CC=CC21. The second-order valence-electron chi connectivity index (χ2n) is 10.0. The lowest BCUT2D eigenvalue weighted by Crippen LogP contribution is -2.24. The molecule has 2 saturated carbocycles.